The molecular weight excluding hydrogens is 420 g/mol. The van der Waals surface area contributed by atoms with Crippen LogP contribution in [0.15, 0.2) is 77.7 Å². The highest BCUT2D eigenvalue weighted by Crippen LogP contribution is 2.29. The van der Waals surface area contributed by atoms with Crippen LogP contribution in [0.4, 0.5) is 16.2 Å². The van der Waals surface area contributed by atoms with E-state index >= 15 is 0 Å². The molecule has 0 fully saturated rings. The van der Waals surface area contributed by atoms with E-state index in [2.05, 4.69) is 10.0 Å². The van der Waals surface area contributed by atoms with Gasteiger partial charge in [-0.25, -0.2) is 13.2 Å². The molecule has 9 heteroatoms. The summed E-state index contributed by atoms with van der Waals surface area (Å²) < 4.78 is 43.8. The van der Waals surface area contributed by atoms with Gasteiger partial charge in [0.15, 0.2) is 0 Å². The molecule has 1 amide bonds. The van der Waals surface area contributed by atoms with E-state index in [9.17, 15) is 13.2 Å². The van der Waals surface area contributed by atoms with Crippen LogP contribution in [0.3, 0.4) is 0 Å². The van der Waals surface area contributed by atoms with Crippen LogP contribution in [-0.4, -0.2) is 28.2 Å². The van der Waals surface area contributed by atoms with E-state index in [0.717, 1.165) is 0 Å². The minimum absolute atomic E-state index is 0.0512. The van der Waals surface area contributed by atoms with Crippen LogP contribution in [0, 0.1) is 0 Å². The van der Waals surface area contributed by atoms with E-state index in [4.69, 9.17) is 14.2 Å². The Balaban J connectivity index is 1.76. The van der Waals surface area contributed by atoms with Crippen molar-refractivity contribution >= 4 is 27.5 Å². The fraction of sp³-hybridized carbons (Fsp3) is 0.136. The number of benzene rings is 3. The summed E-state index contributed by atoms with van der Waals surface area (Å²) >= 11 is 0. The second kappa shape index (κ2) is 9.86. The number of carbonyl (C=O) groups excluding carboxylic acids is 1. The summed E-state index contributed by atoms with van der Waals surface area (Å²) in [6, 6.07) is 19.9. The molecule has 0 aliphatic carbocycles. The van der Waals surface area contributed by atoms with Gasteiger partial charge in [-0.15, -0.1) is 0 Å². The average Bonchev–Trinajstić information content (AvgIpc) is 2.76. The minimum Gasteiger partial charge on any atom is -0.495 e. The van der Waals surface area contributed by atoms with Crippen molar-refractivity contribution in [3.63, 3.8) is 0 Å². The van der Waals surface area contributed by atoms with Crippen LogP contribution >= 0.6 is 0 Å². The molecule has 0 heterocycles. The predicted octanol–water partition coefficient (Wildman–Crippen LogP) is 4.86. The lowest BCUT2D eigenvalue weighted by molar-refractivity contribution is 0.168. The minimum atomic E-state index is -3.92. The standard InChI is InChI=1S/C22H22N2O6S/c1-3-29-22(25)23-20-15-19(13-14-21(20)28-2)31(26,27)24-16-9-11-18(12-10-16)30-17-7-5-4-6-8-17/h4-15,24H,3H2,1-2H3,(H,23,25). The lowest BCUT2D eigenvalue weighted by atomic mass is 10.3. The fourth-order valence-corrected chi connectivity index (χ4v) is 3.74. The highest BCUT2D eigenvalue weighted by Gasteiger charge is 2.18. The fourth-order valence-electron chi connectivity index (χ4n) is 2.66. The molecule has 0 aliphatic rings. The van der Waals surface area contributed by atoms with E-state index in [1.165, 1.54) is 25.3 Å². The number of nitrogens with one attached hydrogen (secondary N) is 2. The Kier molecular flexibility index (Phi) is 6.99. The number of para-hydroxylation sites is 1. The summed E-state index contributed by atoms with van der Waals surface area (Å²) in [6.45, 7) is 1.84. The Hall–Kier alpha value is -3.72. The normalized spacial score (nSPS) is 10.8. The van der Waals surface area contributed by atoms with Crippen LogP contribution in [0.2, 0.25) is 0 Å². The first-order valence-corrected chi connectivity index (χ1v) is 10.9. The van der Waals surface area contributed by atoms with Gasteiger partial charge < -0.3 is 14.2 Å². The molecule has 31 heavy (non-hydrogen) atoms. The number of hydrogen-bond acceptors (Lipinski definition) is 6. The maximum absolute atomic E-state index is 12.8. The van der Waals surface area contributed by atoms with Gasteiger partial charge in [-0.1, -0.05) is 18.2 Å². The zero-order valence-corrected chi connectivity index (χ0v) is 17.8. The quantitative estimate of drug-likeness (QED) is 0.517. The molecule has 0 atom stereocenters. The van der Waals surface area contributed by atoms with E-state index < -0.39 is 16.1 Å². The van der Waals surface area contributed by atoms with E-state index in [0.29, 0.717) is 22.9 Å². The number of methoxy groups -OCH3 is 1. The molecule has 2 N–H and O–H groups in total. The summed E-state index contributed by atoms with van der Waals surface area (Å²) in [5, 5.41) is 2.47. The molecule has 3 rings (SSSR count). The van der Waals surface area contributed by atoms with Crippen LogP contribution in [0.25, 0.3) is 0 Å². The predicted molar refractivity (Wildman–Crippen MR) is 117 cm³/mol. The number of amides is 1. The molecule has 0 radical (unpaired) electrons. The molecule has 0 spiro atoms. The van der Waals surface area contributed by atoms with Gasteiger partial charge in [0.2, 0.25) is 0 Å². The Labute approximate surface area is 180 Å². The Bertz CT molecular complexity index is 1130. The van der Waals surface area contributed by atoms with E-state index in [1.807, 2.05) is 30.3 Å². The van der Waals surface area contributed by atoms with E-state index in [1.54, 1.807) is 31.2 Å². The topological polar surface area (TPSA) is 103 Å². The van der Waals surface area contributed by atoms with Crippen molar-refractivity contribution in [3.05, 3.63) is 72.8 Å². The van der Waals surface area contributed by atoms with Gasteiger partial charge in [0.1, 0.15) is 17.2 Å². The highest BCUT2D eigenvalue weighted by molar-refractivity contribution is 7.92. The Morgan fingerprint density at radius 1 is 0.935 bits per heavy atom. The molecule has 3 aromatic rings. The lowest BCUT2D eigenvalue weighted by Gasteiger charge is -2.13. The lowest BCUT2D eigenvalue weighted by Crippen LogP contribution is -2.16. The number of rotatable bonds is 8. The molecule has 0 aromatic heterocycles. The third kappa shape index (κ3) is 5.89. The zero-order valence-electron chi connectivity index (χ0n) is 17.0. The molecule has 0 aliphatic heterocycles. The molecule has 0 bridgehead atoms. The van der Waals surface area contributed by atoms with Crippen molar-refractivity contribution in [1.82, 2.24) is 0 Å². The zero-order chi connectivity index (χ0) is 22.3. The van der Waals surface area contributed by atoms with Crippen molar-refractivity contribution in [1.29, 1.82) is 0 Å². The summed E-state index contributed by atoms with van der Waals surface area (Å²) in [4.78, 5) is 11.7. The van der Waals surface area contributed by atoms with Crippen molar-refractivity contribution in [2.75, 3.05) is 23.8 Å². The SMILES string of the molecule is CCOC(=O)Nc1cc(S(=O)(=O)Nc2ccc(Oc3ccccc3)cc2)ccc1OC. The molecule has 162 valence electrons. The second-order valence-electron chi connectivity index (χ2n) is 6.25. The summed E-state index contributed by atoms with van der Waals surface area (Å²) in [6.07, 6.45) is -0.711. The molecule has 0 saturated carbocycles. The number of carbonyl (C=O) groups is 1. The van der Waals surface area contributed by atoms with E-state index in [-0.39, 0.29) is 17.2 Å². The van der Waals surface area contributed by atoms with Crippen molar-refractivity contribution in [2.45, 2.75) is 11.8 Å². The molecular formula is C22H22N2O6S. The van der Waals surface area contributed by atoms with Gasteiger partial charge in [0, 0.05) is 5.69 Å². The largest absolute Gasteiger partial charge is 0.495 e. The average molecular weight is 442 g/mol. The van der Waals surface area contributed by atoms with Gasteiger partial charge in [0.25, 0.3) is 10.0 Å². The van der Waals surface area contributed by atoms with Crippen molar-refractivity contribution in [2.24, 2.45) is 0 Å². The first kappa shape index (κ1) is 22.0. The van der Waals surface area contributed by atoms with Crippen molar-refractivity contribution < 1.29 is 27.4 Å². The van der Waals surface area contributed by atoms with Gasteiger partial charge in [-0.2, -0.15) is 0 Å². The van der Waals surface area contributed by atoms with Gasteiger partial charge in [0.05, 0.1) is 24.3 Å². The van der Waals surface area contributed by atoms with Gasteiger partial charge in [-0.05, 0) is 61.5 Å². The molecule has 8 nitrogen and oxygen atoms in total. The summed E-state index contributed by atoms with van der Waals surface area (Å²) in [5.74, 6) is 1.55. The Morgan fingerprint density at radius 3 is 2.26 bits per heavy atom. The molecule has 3 aromatic carbocycles. The number of anilines is 2. The maximum Gasteiger partial charge on any atom is 0.411 e. The number of ether oxygens (including phenoxy) is 3. The van der Waals surface area contributed by atoms with Crippen molar-refractivity contribution in [3.8, 4) is 17.2 Å². The van der Waals surface area contributed by atoms with Crippen LogP contribution in [0.1, 0.15) is 6.92 Å². The van der Waals surface area contributed by atoms with Crippen LogP contribution < -0.4 is 19.5 Å². The molecule has 0 saturated heterocycles. The smallest absolute Gasteiger partial charge is 0.411 e. The molecule has 0 unspecified atom stereocenters. The monoisotopic (exact) mass is 442 g/mol. The van der Waals surface area contributed by atoms with Crippen LogP contribution in [-0.2, 0) is 14.8 Å². The van der Waals surface area contributed by atoms with Crippen LogP contribution in [0.5, 0.6) is 17.2 Å². The first-order chi connectivity index (χ1) is 14.9. The second-order valence-corrected chi connectivity index (χ2v) is 7.93. The third-order valence-corrected chi connectivity index (χ3v) is 5.46. The van der Waals surface area contributed by atoms with Gasteiger partial charge in [-0.3, -0.25) is 10.0 Å². The summed E-state index contributed by atoms with van der Waals surface area (Å²) in [7, 11) is -2.51. The third-order valence-electron chi connectivity index (χ3n) is 4.08. The summed E-state index contributed by atoms with van der Waals surface area (Å²) in [5.41, 5.74) is 0.534. The number of sulfonamides is 1. The highest BCUT2D eigenvalue weighted by atomic mass is 32.2. The number of hydrogen-bond donors (Lipinski definition) is 2. The first-order valence-electron chi connectivity index (χ1n) is 9.39. The maximum atomic E-state index is 12.8. The Morgan fingerprint density at radius 2 is 1.61 bits per heavy atom. The van der Waals surface area contributed by atoms with Gasteiger partial charge >= 0.3 is 6.09 Å².